The van der Waals surface area contributed by atoms with Gasteiger partial charge in [-0.25, -0.2) is 0 Å². The molecule has 2 rings (SSSR count). The summed E-state index contributed by atoms with van der Waals surface area (Å²) in [5, 5.41) is 0. The minimum atomic E-state index is -0.656. The van der Waals surface area contributed by atoms with Crippen molar-refractivity contribution in [3.63, 3.8) is 0 Å². The first-order valence-electron chi connectivity index (χ1n) is 6.83. The Balaban J connectivity index is 2.31. The number of hydrogen-bond acceptors (Lipinski definition) is 0. The van der Waals surface area contributed by atoms with Crippen LogP contribution in [0.2, 0.25) is 0 Å². The van der Waals surface area contributed by atoms with E-state index in [0.29, 0.717) is 0 Å². The van der Waals surface area contributed by atoms with Crippen molar-refractivity contribution in [1.29, 1.82) is 0 Å². The standard InChI is InChI=1S/C16H24S/c1-3-13-17(14-4-2,15-9-5-6-10-15)16-11-7-8-12-16/h5-9,11H,3-4,10,12-14H2,1-2H3. The summed E-state index contributed by atoms with van der Waals surface area (Å²) in [7, 11) is -0.656. The molecule has 1 heteroatoms. The zero-order chi connectivity index (χ0) is 12.1. The Morgan fingerprint density at radius 1 is 0.882 bits per heavy atom. The molecule has 0 heterocycles. The van der Waals surface area contributed by atoms with Crippen LogP contribution in [0.15, 0.2) is 46.3 Å². The summed E-state index contributed by atoms with van der Waals surface area (Å²) in [4.78, 5) is 3.47. The molecule has 0 spiro atoms. The molecule has 0 aromatic heterocycles. The molecular formula is C16H24S. The maximum Gasteiger partial charge on any atom is -0.00460 e. The van der Waals surface area contributed by atoms with E-state index in [1.54, 1.807) is 9.81 Å². The van der Waals surface area contributed by atoms with Gasteiger partial charge in [0.1, 0.15) is 0 Å². The third kappa shape index (κ3) is 2.44. The molecule has 0 amide bonds. The van der Waals surface area contributed by atoms with E-state index in [-0.39, 0.29) is 0 Å². The third-order valence-electron chi connectivity index (χ3n) is 3.58. The van der Waals surface area contributed by atoms with E-state index < -0.39 is 10.0 Å². The van der Waals surface area contributed by atoms with Crippen LogP contribution < -0.4 is 0 Å². The molecule has 0 fully saturated rings. The Labute approximate surface area is 108 Å². The second kappa shape index (κ2) is 5.77. The smallest absolute Gasteiger partial charge is 0.00460 e. The second-order valence-electron chi connectivity index (χ2n) is 4.82. The van der Waals surface area contributed by atoms with Crippen LogP contribution in [0.5, 0.6) is 0 Å². The highest BCUT2D eigenvalue weighted by molar-refractivity contribution is 8.39. The average molecular weight is 248 g/mol. The largest absolute Gasteiger partial charge is 0.195 e. The maximum absolute atomic E-state index is 2.40. The van der Waals surface area contributed by atoms with Crippen LogP contribution >= 0.6 is 10.0 Å². The van der Waals surface area contributed by atoms with Crippen LogP contribution in [-0.4, -0.2) is 11.5 Å². The van der Waals surface area contributed by atoms with Crippen molar-refractivity contribution in [3.8, 4) is 0 Å². The Bertz CT molecular complexity index is 344. The van der Waals surface area contributed by atoms with Gasteiger partial charge in [-0.15, -0.1) is 0 Å². The summed E-state index contributed by atoms with van der Waals surface area (Å²) in [5.74, 6) is 2.78. The van der Waals surface area contributed by atoms with Crippen LogP contribution in [0.1, 0.15) is 39.5 Å². The van der Waals surface area contributed by atoms with Crippen LogP contribution in [0.25, 0.3) is 0 Å². The van der Waals surface area contributed by atoms with Gasteiger partial charge in [-0.1, -0.05) is 50.3 Å². The molecule has 0 saturated carbocycles. The van der Waals surface area contributed by atoms with Gasteiger partial charge in [-0.3, -0.25) is 0 Å². The van der Waals surface area contributed by atoms with Crippen LogP contribution in [0.3, 0.4) is 0 Å². The fourth-order valence-electron chi connectivity index (χ4n) is 2.93. The van der Waals surface area contributed by atoms with Gasteiger partial charge in [0, 0.05) is 0 Å². The van der Waals surface area contributed by atoms with E-state index in [2.05, 4.69) is 50.3 Å². The molecule has 17 heavy (non-hydrogen) atoms. The number of rotatable bonds is 6. The van der Waals surface area contributed by atoms with Crippen molar-refractivity contribution in [2.24, 2.45) is 0 Å². The van der Waals surface area contributed by atoms with E-state index in [0.717, 1.165) is 0 Å². The second-order valence-corrected chi connectivity index (χ2v) is 8.45. The summed E-state index contributed by atoms with van der Waals surface area (Å²) in [6.07, 6.45) is 19.0. The lowest BCUT2D eigenvalue weighted by atomic mass is 10.5. The Morgan fingerprint density at radius 3 is 1.65 bits per heavy atom. The first kappa shape index (κ1) is 12.8. The molecular weight excluding hydrogens is 224 g/mol. The van der Waals surface area contributed by atoms with Crippen LogP contribution in [0.4, 0.5) is 0 Å². The van der Waals surface area contributed by atoms with Gasteiger partial charge in [-0.05, 0) is 47.0 Å². The van der Waals surface area contributed by atoms with Gasteiger partial charge in [0.2, 0.25) is 0 Å². The summed E-state index contributed by atoms with van der Waals surface area (Å²) in [5.41, 5.74) is 0. The van der Waals surface area contributed by atoms with Gasteiger partial charge >= 0.3 is 0 Å². The quantitative estimate of drug-likeness (QED) is 0.598. The molecule has 0 aromatic carbocycles. The lowest BCUT2D eigenvalue weighted by Gasteiger charge is -2.43. The van der Waals surface area contributed by atoms with E-state index in [4.69, 9.17) is 0 Å². The molecule has 94 valence electrons. The zero-order valence-electron chi connectivity index (χ0n) is 11.1. The number of allylic oxidation sites excluding steroid dienone is 8. The predicted octanol–water partition coefficient (Wildman–Crippen LogP) is 5.30. The van der Waals surface area contributed by atoms with Gasteiger partial charge in [0.05, 0.1) is 0 Å². The van der Waals surface area contributed by atoms with Crippen molar-refractivity contribution in [1.82, 2.24) is 0 Å². The molecule has 0 N–H and O–H groups in total. The first-order chi connectivity index (χ1) is 8.33. The summed E-state index contributed by atoms with van der Waals surface area (Å²) in [6.45, 7) is 4.67. The monoisotopic (exact) mass is 248 g/mol. The molecule has 0 radical (unpaired) electrons. The summed E-state index contributed by atoms with van der Waals surface area (Å²) >= 11 is 0. The van der Waals surface area contributed by atoms with E-state index >= 15 is 0 Å². The highest BCUT2D eigenvalue weighted by Crippen LogP contribution is 2.66. The highest BCUT2D eigenvalue weighted by Gasteiger charge is 2.31. The Kier molecular flexibility index (Phi) is 4.33. The number of hydrogen-bond donors (Lipinski definition) is 0. The zero-order valence-corrected chi connectivity index (χ0v) is 11.9. The molecule has 0 aromatic rings. The third-order valence-corrected chi connectivity index (χ3v) is 8.41. The van der Waals surface area contributed by atoms with Gasteiger partial charge in [0.15, 0.2) is 0 Å². The minimum absolute atomic E-state index is 0.656. The molecule has 0 unspecified atom stereocenters. The van der Waals surface area contributed by atoms with E-state index in [1.807, 2.05) is 0 Å². The SMILES string of the molecule is CCCS(CCC)(C1=CC=CC1)C1=CC=CC1. The normalized spacial score (nSPS) is 19.6. The highest BCUT2D eigenvalue weighted by atomic mass is 32.3. The topological polar surface area (TPSA) is 0 Å². The molecule has 0 nitrogen and oxygen atoms in total. The summed E-state index contributed by atoms with van der Waals surface area (Å²) < 4.78 is 0. The van der Waals surface area contributed by atoms with Crippen molar-refractivity contribution in [2.45, 2.75) is 39.5 Å². The Morgan fingerprint density at radius 2 is 1.35 bits per heavy atom. The lowest BCUT2D eigenvalue weighted by Crippen LogP contribution is -2.13. The molecule has 0 aliphatic heterocycles. The van der Waals surface area contributed by atoms with Crippen LogP contribution in [-0.2, 0) is 0 Å². The Hall–Kier alpha value is -0.690. The van der Waals surface area contributed by atoms with Crippen molar-refractivity contribution in [3.05, 3.63) is 46.3 Å². The van der Waals surface area contributed by atoms with Crippen molar-refractivity contribution < 1.29 is 0 Å². The minimum Gasteiger partial charge on any atom is -0.195 e. The molecule has 0 bridgehead atoms. The van der Waals surface area contributed by atoms with E-state index in [9.17, 15) is 0 Å². The first-order valence-corrected chi connectivity index (χ1v) is 8.81. The van der Waals surface area contributed by atoms with Crippen molar-refractivity contribution >= 4 is 10.0 Å². The lowest BCUT2D eigenvalue weighted by molar-refractivity contribution is 1.05. The molecule has 2 aliphatic rings. The van der Waals surface area contributed by atoms with Gasteiger partial charge < -0.3 is 0 Å². The van der Waals surface area contributed by atoms with Crippen LogP contribution in [0, 0.1) is 0 Å². The fourth-order valence-corrected chi connectivity index (χ4v) is 7.42. The van der Waals surface area contributed by atoms with Gasteiger partial charge in [-0.2, -0.15) is 10.0 Å². The predicted molar refractivity (Wildman–Crippen MR) is 81.6 cm³/mol. The van der Waals surface area contributed by atoms with E-state index in [1.165, 1.54) is 37.2 Å². The molecule has 0 saturated heterocycles. The molecule has 2 aliphatic carbocycles. The van der Waals surface area contributed by atoms with Crippen molar-refractivity contribution in [2.75, 3.05) is 11.5 Å². The average Bonchev–Trinajstić information content (AvgIpc) is 3.02. The summed E-state index contributed by atoms with van der Waals surface area (Å²) in [6, 6.07) is 0. The molecule has 0 atom stereocenters. The fraction of sp³-hybridized carbons (Fsp3) is 0.500. The maximum atomic E-state index is 2.40. The van der Waals surface area contributed by atoms with Gasteiger partial charge in [0.25, 0.3) is 0 Å².